The van der Waals surface area contributed by atoms with Crippen molar-refractivity contribution in [3.05, 3.63) is 29.8 Å². The van der Waals surface area contributed by atoms with Gasteiger partial charge in [-0.3, -0.25) is 0 Å². The number of ether oxygens (including phenoxy) is 1. The summed E-state index contributed by atoms with van der Waals surface area (Å²) in [5.41, 5.74) is 6.05. The minimum absolute atomic E-state index is 0.0490. The largest absolute Gasteiger partial charge is 0.493 e. The van der Waals surface area contributed by atoms with Gasteiger partial charge in [-0.15, -0.1) is 0 Å². The summed E-state index contributed by atoms with van der Waals surface area (Å²) >= 11 is 1.53. The predicted octanol–water partition coefficient (Wildman–Crippen LogP) is 0.938. The molecule has 3 N–H and O–H groups in total. The van der Waals surface area contributed by atoms with Crippen LogP contribution in [0.4, 0.5) is 0 Å². The van der Waals surface area contributed by atoms with E-state index in [4.69, 9.17) is 15.7 Å². The second kappa shape index (κ2) is 8.01. The van der Waals surface area contributed by atoms with Crippen LogP contribution in [-0.2, 0) is 9.84 Å². The molecule has 8 heteroatoms. The number of benzene rings is 1. The molecule has 0 aliphatic heterocycles. The summed E-state index contributed by atoms with van der Waals surface area (Å²) in [6.07, 6.45) is 1.23. The average Bonchev–Trinajstić information content (AvgIpc) is 2.41. The van der Waals surface area contributed by atoms with E-state index in [1.165, 1.54) is 18.0 Å². The normalized spacial score (nSPS) is 12.3. The number of hydrogen-bond acceptors (Lipinski definition) is 6. The Balaban J connectivity index is 2.26. The zero-order valence-corrected chi connectivity index (χ0v) is 12.8. The minimum atomic E-state index is -2.88. The number of rotatable bonds is 8. The lowest BCUT2D eigenvalue weighted by molar-refractivity contribution is 0.318. The summed E-state index contributed by atoms with van der Waals surface area (Å²) in [4.78, 5) is 0. The van der Waals surface area contributed by atoms with Crippen molar-refractivity contribution >= 4 is 27.4 Å². The summed E-state index contributed by atoms with van der Waals surface area (Å²) < 4.78 is 27.3. The highest BCUT2D eigenvalue weighted by atomic mass is 32.2. The molecule has 1 aromatic rings. The molecule has 0 bridgehead atoms. The van der Waals surface area contributed by atoms with Crippen LogP contribution in [0, 0.1) is 0 Å². The number of sulfone groups is 1. The van der Waals surface area contributed by atoms with Crippen molar-refractivity contribution in [2.75, 3.05) is 30.1 Å². The van der Waals surface area contributed by atoms with Crippen LogP contribution in [0.3, 0.4) is 0 Å². The van der Waals surface area contributed by atoms with Crippen LogP contribution in [0.5, 0.6) is 5.75 Å². The third-order valence-electron chi connectivity index (χ3n) is 2.35. The number of nitrogens with two attached hydrogens (primary N) is 1. The summed E-state index contributed by atoms with van der Waals surface area (Å²) in [6.45, 7) is 0.497. The van der Waals surface area contributed by atoms with Crippen molar-refractivity contribution < 1.29 is 18.4 Å². The van der Waals surface area contributed by atoms with Crippen LogP contribution < -0.4 is 10.5 Å². The van der Waals surface area contributed by atoms with Crippen LogP contribution in [-0.4, -0.2) is 49.6 Å². The fourth-order valence-electron chi connectivity index (χ4n) is 1.31. The minimum Gasteiger partial charge on any atom is -0.493 e. The molecule has 20 heavy (non-hydrogen) atoms. The van der Waals surface area contributed by atoms with Gasteiger partial charge in [0.05, 0.1) is 12.4 Å². The van der Waals surface area contributed by atoms with E-state index in [1.807, 2.05) is 0 Å². The van der Waals surface area contributed by atoms with E-state index in [0.717, 1.165) is 5.75 Å². The second-order valence-electron chi connectivity index (χ2n) is 4.10. The number of thioether (sulfide) groups is 1. The molecule has 0 unspecified atom stereocenters. The molecule has 0 atom stereocenters. The van der Waals surface area contributed by atoms with Crippen molar-refractivity contribution in [3.63, 3.8) is 0 Å². The predicted molar refractivity (Wildman–Crippen MR) is 81.5 cm³/mol. The van der Waals surface area contributed by atoms with Gasteiger partial charge in [-0.2, -0.15) is 11.8 Å². The van der Waals surface area contributed by atoms with Crippen molar-refractivity contribution in [2.45, 2.75) is 0 Å². The van der Waals surface area contributed by atoms with E-state index >= 15 is 0 Å². The molecule has 1 rings (SSSR count). The first-order valence-corrected chi connectivity index (χ1v) is 9.10. The van der Waals surface area contributed by atoms with Crippen LogP contribution >= 0.6 is 11.8 Å². The van der Waals surface area contributed by atoms with Crippen LogP contribution in [0.1, 0.15) is 5.56 Å². The summed E-state index contributed by atoms with van der Waals surface area (Å²) in [5, 5.41) is 11.4. The number of oxime groups is 1. The SMILES string of the molecule is CS(=O)(=O)CCSCCOc1ccc(C(N)=NO)cc1. The Morgan fingerprint density at radius 2 is 2.00 bits per heavy atom. The lowest BCUT2D eigenvalue weighted by Gasteiger charge is -2.06. The van der Waals surface area contributed by atoms with Gasteiger partial charge in [-0.1, -0.05) is 5.16 Å². The van der Waals surface area contributed by atoms with Gasteiger partial charge in [0.2, 0.25) is 0 Å². The molecule has 0 aromatic heterocycles. The standard InChI is InChI=1S/C12H18N2O4S2/c1-20(16,17)9-8-19-7-6-18-11-4-2-10(3-5-11)12(13)14-15/h2-5,15H,6-9H2,1H3,(H2,13,14). The monoisotopic (exact) mass is 318 g/mol. The van der Waals surface area contributed by atoms with Gasteiger partial charge < -0.3 is 15.7 Å². The Labute approximate surface area is 122 Å². The fourth-order valence-corrected chi connectivity index (χ4v) is 3.40. The van der Waals surface area contributed by atoms with Gasteiger partial charge in [-0.25, -0.2) is 8.42 Å². The molecule has 112 valence electrons. The smallest absolute Gasteiger partial charge is 0.170 e. The van der Waals surface area contributed by atoms with Crippen molar-refractivity contribution in [1.29, 1.82) is 0 Å². The summed E-state index contributed by atoms with van der Waals surface area (Å²) in [6, 6.07) is 6.85. The number of amidine groups is 1. The van der Waals surface area contributed by atoms with Crippen molar-refractivity contribution in [2.24, 2.45) is 10.9 Å². The lowest BCUT2D eigenvalue weighted by atomic mass is 10.2. The topological polar surface area (TPSA) is 102 Å². The van der Waals surface area contributed by atoms with Crippen molar-refractivity contribution in [1.82, 2.24) is 0 Å². The highest BCUT2D eigenvalue weighted by molar-refractivity contribution is 8.00. The van der Waals surface area contributed by atoms with Gasteiger partial charge in [0.25, 0.3) is 0 Å². The maximum Gasteiger partial charge on any atom is 0.170 e. The average molecular weight is 318 g/mol. The second-order valence-corrected chi connectivity index (χ2v) is 7.58. The molecular weight excluding hydrogens is 300 g/mol. The van der Waals surface area contributed by atoms with E-state index in [-0.39, 0.29) is 11.6 Å². The Hall–Kier alpha value is -1.41. The van der Waals surface area contributed by atoms with Crippen molar-refractivity contribution in [3.8, 4) is 5.75 Å². The number of nitrogens with zero attached hydrogens (tertiary/aromatic N) is 1. The molecule has 0 heterocycles. The quantitative estimate of drug-likeness (QED) is 0.243. The van der Waals surface area contributed by atoms with Crippen LogP contribution in [0.2, 0.25) is 0 Å². The highest BCUT2D eigenvalue weighted by Crippen LogP contribution is 2.12. The zero-order valence-electron chi connectivity index (χ0n) is 11.2. The Bertz CT molecular complexity index is 541. The molecule has 0 aliphatic rings. The van der Waals surface area contributed by atoms with Gasteiger partial charge in [-0.05, 0) is 24.3 Å². The molecule has 0 aliphatic carbocycles. The third kappa shape index (κ3) is 6.67. The number of hydrogen-bond donors (Lipinski definition) is 2. The van der Waals surface area contributed by atoms with Gasteiger partial charge >= 0.3 is 0 Å². The molecule has 0 fully saturated rings. The summed E-state index contributed by atoms with van der Waals surface area (Å²) in [5.74, 6) is 2.21. The zero-order chi connectivity index (χ0) is 15.0. The van der Waals surface area contributed by atoms with E-state index in [9.17, 15) is 8.42 Å². The molecule has 0 saturated carbocycles. The van der Waals surface area contributed by atoms with Gasteiger partial charge in [0.1, 0.15) is 15.6 Å². The molecular formula is C12H18N2O4S2. The molecule has 1 aromatic carbocycles. The Kier molecular flexibility index (Phi) is 6.66. The van der Waals surface area contributed by atoms with Gasteiger partial charge in [0, 0.05) is 23.3 Å². The van der Waals surface area contributed by atoms with E-state index in [1.54, 1.807) is 24.3 Å². The van der Waals surface area contributed by atoms with E-state index < -0.39 is 9.84 Å². The molecule has 0 saturated heterocycles. The van der Waals surface area contributed by atoms with E-state index in [0.29, 0.717) is 23.7 Å². The molecule has 6 nitrogen and oxygen atoms in total. The van der Waals surface area contributed by atoms with E-state index in [2.05, 4.69) is 5.16 Å². The Morgan fingerprint density at radius 3 is 2.55 bits per heavy atom. The molecule has 0 spiro atoms. The highest BCUT2D eigenvalue weighted by Gasteiger charge is 2.02. The first-order chi connectivity index (χ1) is 9.42. The van der Waals surface area contributed by atoms with Gasteiger partial charge in [0.15, 0.2) is 5.84 Å². The first kappa shape index (κ1) is 16.6. The first-order valence-electron chi connectivity index (χ1n) is 5.88. The molecule has 0 amide bonds. The lowest BCUT2D eigenvalue weighted by Crippen LogP contribution is -2.12. The van der Waals surface area contributed by atoms with Crippen LogP contribution in [0.15, 0.2) is 29.4 Å². The summed E-state index contributed by atoms with van der Waals surface area (Å²) in [7, 11) is -2.88. The maximum absolute atomic E-state index is 10.9. The third-order valence-corrected chi connectivity index (χ3v) is 4.50. The van der Waals surface area contributed by atoms with Crippen LogP contribution in [0.25, 0.3) is 0 Å². The Morgan fingerprint density at radius 1 is 1.35 bits per heavy atom. The fraction of sp³-hybridized carbons (Fsp3) is 0.417. The molecule has 0 radical (unpaired) electrons. The maximum atomic E-state index is 10.9.